The second-order valence-electron chi connectivity index (χ2n) is 8.84. The monoisotopic (exact) mass is 489 g/mol. The number of nitrogens with zero attached hydrogens (tertiary/aromatic N) is 4. The van der Waals surface area contributed by atoms with Crippen LogP contribution in [0.4, 0.5) is 0 Å². The maximum atomic E-state index is 13.2. The first-order chi connectivity index (χ1) is 16.9. The molecule has 1 amide bonds. The van der Waals surface area contributed by atoms with Gasteiger partial charge in [0.05, 0.1) is 30.7 Å². The average molecular weight is 490 g/mol. The van der Waals surface area contributed by atoms with Gasteiger partial charge in [-0.05, 0) is 42.6 Å². The number of aromatic amines is 1. The molecule has 0 bridgehead atoms. The first kappa shape index (κ1) is 23.3. The highest BCUT2D eigenvalue weighted by Gasteiger charge is 2.38. The number of nitrogens with one attached hydrogen (secondary N) is 1. The number of aliphatic imine (C=N–C) groups is 1. The lowest BCUT2D eigenvalue weighted by Crippen LogP contribution is -2.57. The van der Waals surface area contributed by atoms with Gasteiger partial charge in [0.2, 0.25) is 5.91 Å². The number of aromatic nitrogens is 1. The van der Waals surface area contributed by atoms with Crippen molar-refractivity contribution in [1.82, 2.24) is 19.1 Å². The number of rotatable bonds is 6. The average Bonchev–Trinajstić information content (AvgIpc) is 3.45. The second kappa shape index (κ2) is 9.64. The number of benzene rings is 1. The molecule has 1 aromatic heterocycles. The van der Waals surface area contributed by atoms with Gasteiger partial charge in [-0.25, -0.2) is 9.10 Å². The van der Waals surface area contributed by atoms with Crippen LogP contribution in [0.2, 0.25) is 0 Å². The van der Waals surface area contributed by atoms with E-state index in [-0.39, 0.29) is 12.5 Å². The van der Waals surface area contributed by atoms with Gasteiger partial charge in [0, 0.05) is 43.2 Å². The van der Waals surface area contributed by atoms with E-state index in [9.17, 15) is 9.59 Å². The van der Waals surface area contributed by atoms with E-state index in [1.54, 1.807) is 4.90 Å². The molecule has 5 rings (SSSR count). The van der Waals surface area contributed by atoms with Crippen molar-refractivity contribution in [1.29, 1.82) is 0 Å². The summed E-state index contributed by atoms with van der Waals surface area (Å²) >= 11 is 1.43. The molecule has 0 saturated carbocycles. The number of esters is 1. The number of amides is 1. The molecule has 0 radical (unpaired) electrons. The summed E-state index contributed by atoms with van der Waals surface area (Å²) in [5.41, 5.74) is 3.88. The quantitative estimate of drug-likeness (QED) is 0.424. The summed E-state index contributed by atoms with van der Waals surface area (Å²) in [5.74, 6) is 0.445. The first-order valence-electron chi connectivity index (χ1n) is 11.5. The third-order valence-electron chi connectivity index (χ3n) is 6.29. The topological polar surface area (TPSA) is 81.2 Å². The molecule has 3 heterocycles. The minimum atomic E-state index is -0.690. The van der Waals surface area contributed by atoms with E-state index >= 15 is 0 Å². The van der Waals surface area contributed by atoms with Crippen molar-refractivity contribution < 1.29 is 14.3 Å². The zero-order valence-electron chi connectivity index (χ0n) is 20.0. The van der Waals surface area contributed by atoms with Gasteiger partial charge in [-0.3, -0.25) is 9.79 Å². The smallest absolute Gasteiger partial charge is 0.329 e. The minimum absolute atomic E-state index is 0.116. The molecule has 9 heteroatoms. The molecule has 2 aromatic carbocycles. The zero-order chi connectivity index (χ0) is 24.5. The maximum absolute atomic E-state index is 13.2. The highest BCUT2D eigenvalue weighted by atomic mass is 32.2. The van der Waals surface area contributed by atoms with Crippen molar-refractivity contribution >= 4 is 40.6 Å². The number of fused-ring (bicyclic) bond motifs is 1. The predicted octanol–water partition coefficient (Wildman–Crippen LogP) is 2.66. The van der Waals surface area contributed by atoms with E-state index in [1.807, 2.05) is 54.7 Å². The Labute approximate surface area is 209 Å². The van der Waals surface area contributed by atoms with E-state index in [2.05, 4.69) is 27.0 Å². The molecule has 1 unspecified atom stereocenters. The van der Waals surface area contributed by atoms with E-state index in [4.69, 9.17) is 4.74 Å². The number of carbonyl (C=O) groups is 2. The first-order valence-corrected chi connectivity index (χ1v) is 12.3. The SMILES string of the molecule is COC(=O)C1CN(Sc2cc3cc(C)c#cc3[nH]2)CC(=O)N1Cc1ccc(C2=NCCN2C)cc1. The Bertz CT molecular complexity index is 1290. The third kappa shape index (κ3) is 4.85. The largest absolute Gasteiger partial charge is 0.467 e. The Hall–Kier alpha value is -3.48. The summed E-state index contributed by atoms with van der Waals surface area (Å²) in [5, 5.41) is 1.92. The minimum Gasteiger partial charge on any atom is -0.467 e. The fourth-order valence-electron chi connectivity index (χ4n) is 4.46. The number of hydrogen-bond acceptors (Lipinski definition) is 7. The molecule has 1 fully saturated rings. The number of aryl methyl sites for hydroxylation is 1. The van der Waals surface area contributed by atoms with Crippen LogP contribution in [0, 0.1) is 19.1 Å². The van der Waals surface area contributed by atoms with Gasteiger partial charge >= 0.3 is 5.97 Å². The number of piperazine rings is 1. The normalized spacial score (nSPS) is 18.7. The van der Waals surface area contributed by atoms with Gasteiger partial charge in [-0.2, -0.15) is 0 Å². The summed E-state index contributed by atoms with van der Waals surface area (Å²) in [6.07, 6.45) is 0. The van der Waals surface area contributed by atoms with Crippen LogP contribution in [-0.4, -0.2) is 83.2 Å². The standard InChI is InChI=1S/C26H27N5O3S/c1-17-4-9-21-20(12-17)13-23(28-21)35-30-15-22(26(33)34-3)31(24(32)16-30)14-18-5-7-19(8-6-18)25-27-10-11-29(25)2/h5-8,12-13,22,28H,10-11,14-16H2,1-3H3. The molecule has 1 saturated heterocycles. The lowest BCUT2D eigenvalue weighted by Gasteiger charge is -2.38. The Kier molecular flexibility index (Phi) is 6.41. The van der Waals surface area contributed by atoms with Gasteiger partial charge in [0.1, 0.15) is 11.9 Å². The van der Waals surface area contributed by atoms with E-state index in [0.29, 0.717) is 13.1 Å². The molecular weight excluding hydrogens is 462 g/mol. The van der Waals surface area contributed by atoms with Crippen LogP contribution in [0.15, 0.2) is 46.4 Å². The molecule has 2 aliphatic rings. The highest BCUT2D eigenvalue weighted by Crippen LogP contribution is 2.29. The second-order valence-corrected chi connectivity index (χ2v) is 9.98. The fourth-order valence-corrected chi connectivity index (χ4v) is 5.45. The van der Waals surface area contributed by atoms with Gasteiger partial charge in [-0.15, -0.1) is 0 Å². The number of methoxy groups -OCH3 is 1. The van der Waals surface area contributed by atoms with Crippen molar-refractivity contribution in [3.8, 4) is 0 Å². The molecule has 1 atom stereocenters. The van der Waals surface area contributed by atoms with Crippen LogP contribution < -0.4 is 0 Å². The summed E-state index contributed by atoms with van der Waals surface area (Å²) in [6.45, 7) is 4.61. The molecule has 3 aromatic rings. The molecule has 1 N–H and O–H groups in total. The summed E-state index contributed by atoms with van der Waals surface area (Å²) in [6, 6.07) is 17.6. The van der Waals surface area contributed by atoms with E-state index < -0.39 is 12.0 Å². The van der Waals surface area contributed by atoms with Gasteiger partial charge in [0.15, 0.2) is 0 Å². The number of hydrogen-bond donors (Lipinski definition) is 1. The van der Waals surface area contributed by atoms with Crippen LogP contribution in [0.25, 0.3) is 10.9 Å². The Morgan fingerprint density at radius 1 is 1.26 bits per heavy atom. The zero-order valence-corrected chi connectivity index (χ0v) is 20.8. The summed E-state index contributed by atoms with van der Waals surface area (Å²) in [4.78, 5) is 37.5. The molecule has 2 aliphatic heterocycles. The summed E-state index contributed by atoms with van der Waals surface area (Å²) in [7, 11) is 3.39. The van der Waals surface area contributed by atoms with Crippen LogP contribution in [0.1, 0.15) is 16.7 Å². The van der Waals surface area contributed by atoms with Crippen LogP contribution in [0.5, 0.6) is 0 Å². The van der Waals surface area contributed by atoms with Gasteiger partial charge in [0.25, 0.3) is 0 Å². The number of ether oxygens (including phenoxy) is 1. The Morgan fingerprint density at radius 3 is 2.77 bits per heavy atom. The van der Waals surface area contributed by atoms with Crippen molar-refractivity contribution in [2.75, 3.05) is 40.3 Å². The number of H-pyrrole nitrogens is 1. The highest BCUT2D eigenvalue weighted by molar-refractivity contribution is 7.97. The number of amidine groups is 1. The van der Waals surface area contributed by atoms with E-state index in [0.717, 1.165) is 51.5 Å². The van der Waals surface area contributed by atoms with E-state index in [1.165, 1.54) is 19.1 Å². The number of carbonyl (C=O) groups excluding carboxylic acids is 2. The lowest BCUT2D eigenvalue weighted by molar-refractivity contribution is -0.156. The molecule has 0 aliphatic carbocycles. The van der Waals surface area contributed by atoms with Gasteiger partial charge < -0.3 is 19.5 Å². The van der Waals surface area contributed by atoms with Gasteiger partial charge in [-0.1, -0.05) is 30.3 Å². The van der Waals surface area contributed by atoms with Crippen molar-refractivity contribution in [3.63, 3.8) is 0 Å². The Balaban J connectivity index is 1.30. The molecule has 0 spiro atoms. The molecular formula is C26H27N5O3S. The molecule has 180 valence electrons. The number of likely N-dealkylation sites (N-methyl/N-ethyl adjacent to an activating group) is 1. The van der Waals surface area contributed by atoms with Crippen LogP contribution >= 0.6 is 11.9 Å². The fraction of sp³-hybridized carbons (Fsp3) is 0.346. The van der Waals surface area contributed by atoms with Crippen molar-refractivity contribution in [2.24, 2.45) is 4.99 Å². The van der Waals surface area contributed by atoms with Crippen LogP contribution in [-0.2, 0) is 20.9 Å². The van der Waals surface area contributed by atoms with Crippen molar-refractivity contribution in [3.05, 3.63) is 65.2 Å². The van der Waals surface area contributed by atoms with Crippen molar-refractivity contribution in [2.45, 2.75) is 24.5 Å². The molecule has 8 nitrogen and oxygen atoms in total. The maximum Gasteiger partial charge on any atom is 0.329 e. The molecule has 35 heavy (non-hydrogen) atoms. The third-order valence-corrected chi connectivity index (χ3v) is 7.24. The summed E-state index contributed by atoms with van der Waals surface area (Å²) < 4.78 is 6.96. The lowest BCUT2D eigenvalue weighted by atomic mass is 10.1. The predicted molar refractivity (Wildman–Crippen MR) is 135 cm³/mol. The Morgan fingerprint density at radius 2 is 2.06 bits per heavy atom. The van der Waals surface area contributed by atoms with Crippen LogP contribution in [0.3, 0.4) is 0 Å².